The topological polar surface area (TPSA) is 262 Å². The molecule has 0 aromatic rings. The molecule has 0 aliphatic carbocycles. The van der Waals surface area contributed by atoms with Crippen LogP contribution in [0.2, 0.25) is 0 Å². The lowest BCUT2D eigenvalue weighted by Gasteiger charge is -2.18. The maximum Gasteiger partial charge on any atom is 0.238 e. The molecule has 0 unspecified atom stereocenters. The molecular weight excluding hydrogens is 502 g/mol. The van der Waals surface area contributed by atoms with Gasteiger partial charge in [0.15, 0.2) is 0 Å². The summed E-state index contributed by atoms with van der Waals surface area (Å²) in [5, 5.41) is 27.1. The zero-order valence-electron chi connectivity index (χ0n) is 22.2. The number of Topliss-reactive ketones (excluding diaryl/α,β-unsaturated/α-hetero) is 2. The van der Waals surface area contributed by atoms with Crippen LogP contribution in [-0.4, -0.2) is 111 Å². The fourth-order valence-corrected chi connectivity index (χ4v) is 3.34. The van der Waals surface area contributed by atoms with Gasteiger partial charge in [0.2, 0.25) is 29.3 Å². The molecule has 220 valence electrons. The van der Waals surface area contributed by atoms with E-state index in [1.165, 1.54) is 0 Å². The van der Waals surface area contributed by atoms with Gasteiger partial charge in [0.05, 0.1) is 31.8 Å². The van der Waals surface area contributed by atoms with Gasteiger partial charge in [-0.2, -0.15) is 0 Å². The van der Waals surface area contributed by atoms with E-state index in [1.807, 2.05) is 0 Å². The number of hydrogen-bond acceptors (Lipinski definition) is 13. The van der Waals surface area contributed by atoms with E-state index in [0.717, 1.165) is 12.8 Å². The normalized spacial score (nSPS) is 14.3. The van der Waals surface area contributed by atoms with E-state index in [1.54, 1.807) is 14.1 Å². The number of hydrazine groups is 2. The number of carbonyl (C=O) groups excluding carboxylic acids is 5. The van der Waals surface area contributed by atoms with Crippen molar-refractivity contribution in [3.8, 4) is 0 Å². The van der Waals surface area contributed by atoms with Gasteiger partial charge in [-0.25, -0.2) is 16.3 Å². The Morgan fingerprint density at radius 2 is 1.21 bits per heavy atom. The molecule has 0 saturated carbocycles. The van der Waals surface area contributed by atoms with E-state index in [-0.39, 0.29) is 18.0 Å². The van der Waals surface area contributed by atoms with Crippen LogP contribution in [0.4, 0.5) is 0 Å². The summed E-state index contributed by atoms with van der Waals surface area (Å²) >= 11 is 0. The van der Waals surface area contributed by atoms with Crippen LogP contribution >= 0.6 is 0 Å². The molecule has 0 rings (SSSR count). The van der Waals surface area contributed by atoms with Crippen molar-refractivity contribution in [2.75, 3.05) is 46.9 Å². The van der Waals surface area contributed by atoms with Gasteiger partial charge in [0.1, 0.15) is 12.1 Å². The molecule has 0 aromatic carbocycles. The third-order valence-electron chi connectivity index (χ3n) is 5.72. The molecule has 4 atom stereocenters. The summed E-state index contributed by atoms with van der Waals surface area (Å²) in [6, 6.07) is -3.04. The molecule has 0 aromatic heterocycles. The lowest BCUT2D eigenvalue weighted by molar-refractivity contribution is -0.138. The summed E-state index contributed by atoms with van der Waals surface area (Å²) < 4.78 is 0. The van der Waals surface area contributed by atoms with Gasteiger partial charge < -0.3 is 37.6 Å². The Morgan fingerprint density at radius 3 is 1.74 bits per heavy atom. The first-order valence-corrected chi connectivity index (χ1v) is 12.6. The van der Waals surface area contributed by atoms with E-state index in [0.29, 0.717) is 38.8 Å². The third kappa shape index (κ3) is 15.0. The van der Waals surface area contributed by atoms with Crippen LogP contribution in [0, 0.1) is 0 Å². The van der Waals surface area contributed by atoms with Gasteiger partial charge in [-0.15, -0.1) is 0 Å². The molecule has 0 saturated heterocycles. The Kier molecular flexibility index (Phi) is 19.9. The number of amides is 3. The van der Waals surface area contributed by atoms with Gasteiger partial charge in [-0.3, -0.25) is 29.4 Å². The number of aliphatic hydroxyl groups excluding tert-OH is 2. The van der Waals surface area contributed by atoms with Gasteiger partial charge in [0, 0.05) is 13.1 Å². The number of rotatable bonds is 25. The lowest BCUT2D eigenvalue weighted by atomic mass is 10.1. The Balaban J connectivity index is 4.15. The second-order valence-electron chi connectivity index (χ2n) is 8.60. The van der Waals surface area contributed by atoms with E-state index in [2.05, 4.69) is 37.7 Å². The second-order valence-corrected chi connectivity index (χ2v) is 8.60. The maximum absolute atomic E-state index is 12.4. The highest BCUT2D eigenvalue weighted by Crippen LogP contribution is 2.02. The molecule has 0 fully saturated rings. The van der Waals surface area contributed by atoms with Crippen molar-refractivity contribution in [1.29, 1.82) is 0 Å². The lowest BCUT2D eigenvalue weighted by Crippen LogP contribution is -2.54. The quantitative estimate of drug-likeness (QED) is 0.0290. The van der Waals surface area contributed by atoms with E-state index in [9.17, 15) is 29.1 Å². The van der Waals surface area contributed by atoms with Crippen LogP contribution in [0.25, 0.3) is 0 Å². The highest BCUT2D eigenvalue weighted by Gasteiger charge is 2.24. The fraction of sp³-hybridized carbons (Fsp3) is 0.773. The minimum atomic E-state index is -1.17. The standard InChI is InChI=1S/C22H45N9O7/c1-25-14(20(23)36)7-3-5-9-27-22(38)15(26-2)8-4-6-10-28-30-16(12-32)19(35)18(34)11-29-31-17(13-33)21(24)37/h14-17,25-26,28-33H,3-13H2,1-2H3,(H2,23,36)(H2,24,37)(H,27,38)/t14-,15-,16-,17-/m0/s1. The Hall–Kier alpha value is -2.57. The predicted molar refractivity (Wildman–Crippen MR) is 139 cm³/mol. The zero-order valence-corrected chi connectivity index (χ0v) is 22.2. The maximum atomic E-state index is 12.4. The number of primary amides is 2. The molecule has 0 aliphatic rings. The fourth-order valence-electron chi connectivity index (χ4n) is 3.34. The van der Waals surface area contributed by atoms with Crippen molar-refractivity contribution >= 4 is 29.3 Å². The van der Waals surface area contributed by atoms with Crippen LogP contribution in [0.3, 0.4) is 0 Å². The zero-order chi connectivity index (χ0) is 28.9. The largest absolute Gasteiger partial charge is 0.394 e. The summed E-state index contributed by atoms with van der Waals surface area (Å²) in [5.41, 5.74) is 20.4. The van der Waals surface area contributed by atoms with Crippen molar-refractivity contribution < 1.29 is 34.2 Å². The van der Waals surface area contributed by atoms with Crippen molar-refractivity contribution in [3.63, 3.8) is 0 Å². The highest BCUT2D eigenvalue weighted by molar-refractivity contribution is 6.40. The minimum Gasteiger partial charge on any atom is -0.394 e. The Bertz CT molecular complexity index is 742. The van der Waals surface area contributed by atoms with Gasteiger partial charge >= 0.3 is 0 Å². The average Bonchev–Trinajstić information content (AvgIpc) is 2.89. The molecule has 0 radical (unpaired) electrons. The number of hydrogen-bond donors (Lipinski definition) is 11. The van der Waals surface area contributed by atoms with Gasteiger partial charge in [-0.05, 0) is 46.2 Å². The minimum absolute atomic E-state index is 0.118. The van der Waals surface area contributed by atoms with Gasteiger partial charge in [0.25, 0.3) is 0 Å². The third-order valence-corrected chi connectivity index (χ3v) is 5.72. The van der Waals surface area contributed by atoms with E-state index < -0.39 is 55.2 Å². The van der Waals surface area contributed by atoms with Crippen LogP contribution in [0.1, 0.15) is 38.5 Å². The number of aliphatic hydroxyl groups is 2. The molecule has 0 aliphatic heterocycles. The number of unbranched alkanes of at least 4 members (excludes halogenated alkanes) is 2. The molecule has 16 heteroatoms. The number of ketones is 2. The molecule has 0 spiro atoms. The van der Waals surface area contributed by atoms with Gasteiger partial charge in [-0.1, -0.05) is 6.42 Å². The van der Waals surface area contributed by atoms with Crippen molar-refractivity contribution in [3.05, 3.63) is 0 Å². The molecule has 0 bridgehead atoms. The number of likely N-dealkylation sites (N-methyl/N-ethyl adjacent to an activating group) is 2. The van der Waals surface area contributed by atoms with Crippen LogP contribution in [0.15, 0.2) is 0 Å². The first-order chi connectivity index (χ1) is 18.1. The molecular formula is C22H45N9O7. The van der Waals surface area contributed by atoms with Crippen LogP contribution in [0.5, 0.6) is 0 Å². The highest BCUT2D eigenvalue weighted by atomic mass is 16.3. The SMILES string of the molecule is CN[C@@H](CCCCNC(=O)[C@H](CCCCNN[C@@H](CO)C(=O)C(=O)CNN[C@@H](CO)C(N)=O)NC)C(N)=O. The first kappa shape index (κ1) is 35.4. The van der Waals surface area contributed by atoms with Crippen molar-refractivity contribution in [2.45, 2.75) is 62.7 Å². The van der Waals surface area contributed by atoms with Crippen molar-refractivity contribution in [1.82, 2.24) is 37.7 Å². The molecule has 16 nitrogen and oxygen atoms in total. The molecule has 13 N–H and O–H groups in total. The summed E-state index contributed by atoms with van der Waals surface area (Å²) in [6.45, 7) is -0.777. The summed E-state index contributed by atoms with van der Waals surface area (Å²) in [7, 11) is 3.38. The summed E-state index contributed by atoms with van der Waals surface area (Å²) in [5.74, 6) is -3.09. The second kappa shape index (κ2) is 21.4. The molecule has 0 heterocycles. The smallest absolute Gasteiger partial charge is 0.238 e. The van der Waals surface area contributed by atoms with E-state index >= 15 is 0 Å². The summed E-state index contributed by atoms with van der Waals surface area (Å²) in [4.78, 5) is 58.7. The Morgan fingerprint density at radius 1 is 0.684 bits per heavy atom. The molecule has 3 amide bonds. The van der Waals surface area contributed by atoms with Crippen molar-refractivity contribution in [2.24, 2.45) is 11.5 Å². The number of nitrogens with one attached hydrogen (secondary N) is 7. The average molecular weight is 548 g/mol. The first-order valence-electron chi connectivity index (χ1n) is 12.6. The number of carbonyl (C=O) groups is 5. The molecule has 38 heavy (non-hydrogen) atoms. The Labute approximate surface area is 222 Å². The predicted octanol–water partition coefficient (Wildman–Crippen LogP) is -5.36. The van der Waals surface area contributed by atoms with Crippen LogP contribution in [-0.2, 0) is 24.0 Å². The number of nitrogens with two attached hydrogens (primary N) is 2. The van der Waals surface area contributed by atoms with E-state index in [4.69, 9.17) is 16.6 Å². The summed E-state index contributed by atoms with van der Waals surface area (Å²) in [6.07, 6.45) is 3.98. The van der Waals surface area contributed by atoms with Crippen LogP contribution < -0.4 is 49.1 Å². The monoisotopic (exact) mass is 547 g/mol.